The van der Waals surface area contributed by atoms with E-state index in [0.29, 0.717) is 24.7 Å². The maximum absolute atomic E-state index is 13.0. The van der Waals surface area contributed by atoms with Crippen molar-refractivity contribution in [3.63, 3.8) is 0 Å². The Labute approximate surface area is 131 Å². The van der Waals surface area contributed by atoms with E-state index in [2.05, 4.69) is 10.6 Å². The van der Waals surface area contributed by atoms with Crippen molar-refractivity contribution in [1.82, 2.24) is 10.6 Å². The van der Waals surface area contributed by atoms with Crippen LogP contribution in [0.3, 0.4) is 0 Å². The molecule has 0 radical (unpaired) electrons. The van der Waals surface area contributed by atoms with Gasteiger partial charge in [-0.2, -0.15) is 0 Å². The number of amides is 1. The number of benzene rings is 1. The number of hydrogen-bond donors (Lipinski definition) is 2. The molecule has 5 heteroatoms. The third kappa shape index (κ3) is 6.02. The fraction of sp³-hybridized carbons (Fsp3) is 0.588. The third-order valence-corrected chi connectivity index (χ3v) is 3.94. The number of ether oxygens (including phenoxy) is 1. The van der Waals surface area contributed by atoms with E-state index in [-0.39, 0.29) is 17.8 Å². The quantitative estimate of drug-likeness (QED) is 0.813. The molecule has 1 aromatic rings. The van der Waals surface area contributed by atoms with Crippen molar-refractivity contribution in [2.45, 2.75) is 38.6 Å². The minimum Gasteiger partial charge on any atom is -0.491 e. The van der Waals surface area contributed by atoms with Crippen molar-refractivity contribution >= 4 is 5.91 Å². The fourth-order valence-corrected chi connectivity index (χ4v) is 2.67. The molecule has 22 heavy (non-hydrogen) atoms. The zero-order valence-corrected chi connectivity index (χ0v) is 13.1. The molecule has 0 aliphatic carbocycles. The Hall–Kier alpha value is -1.62. The second kappa shape index (κ2) is 8.73. The Morgan fingerprint density at radius 1 is 1.45 bits per heavy atom. The molecule has 1 aromatic carbocycles. The topological polar surface area (TPSA) is 50.4 Å². The van der Waals surface area contributed by atoms with E-state index in [0.717, 1.165) is 32.4 Å². The molecule has 0 spiro atoms. The smallest absolute Gasteiger partial charge is 0.220 e. The van der Waals surface area contributed by atoms with Crippen LogP contribution in [-0.4, -0.2) is 31.6 Å². The van der Waals surface area contributed by atoms with Gasteiger partial charge in [0.05, 0.1) is 6.04 Å². The first-order valence-electron chi connectivity index (χ1n) is 8.02. The summed E-state index contributed by atoms with van der Waals surface area (Å²) in [6.45, 7) is 4.35. The molecule has 0 bridgehead atoms. The van der Waals surface area contributed by atoms with Gasteiger partial charge in [-0.05, 0) is 57.3 Å². The van der Waals surface area contributed by atoms with Crippen molar-refractivity contribution in [1.29, 1.82) is 0 Å². The maximum atomic E-state index is 13.0. The number of nitrogens with one attached hydrogen (secondary N) is 2. The van der Waals surface area contributed by atoms with Crippen LogP contribution in [0, 0.1) is 11.7 Å². The van der Waals surface area contributed by atoms with E-state index in [9.17, 15) is 9.18 Å². The second-order valence-electron chi connectivity index (χ2n) is 5.97. The van der Waals surface area contributed by atoms with Gasteiger partial charge in [0.2, 0.25) is 5.91 Å². The van der Waals surface area contributed by atoms with Gasteiger partial charge >= 0.3 is 0 Å². The number of hydrogen-bond acceptors (Lipinski definition) is 3. The molecule has 122 valence electrons. The molecule has 1 heterocycles. The average Bonchev–Trinajstić information content (AvgIpc) is 2.52. The maximum Gasteiger partial charge on any atom is 0.220 e. The van der Waals surface area contributed by atoms with Gasteiger partial charge in [-0.3, -0.25) is 4.79 Å². The standard InChI is InChI=1S/C17H25FN2O2/c1-13(12-22-16-4-2-3-15(18)11-16)20-17(21)6-5-14-7-9-19-10-8-14/h2-4,11,13-14,19H,5-10,12H2,1H3,(H,20,21). The van der Waals surface area contributed by atoms with Crippen LogP contribution in [0.4, 0.5) is 4.39 Å². The van der Waals surface area contributed by atoms with Gasteiger partial charge in [-0.25, -0.2) is 4.39 Å². The second-order valence-corrected chi connectivity index (χ2v) is 5.97. The highest BCUT2D eigenvalue weighted by molar-refractivity contribution is 5.76. The minimum atomic E-state index is -0.323. The largest absolute Gasteiger partial charge is 0.491 e. The van der Waals surface area contributed by atoms with E-state index in [4.69, 9.17) is 4.74 Å². The lowest BCUT2D eigenvalue weighted by Gasteiger charge is -2.22. The zero-order valence-electron chi connectivity index (χ0n) is 13.1. The van der Waals surface area contributed by atoms with Gasteiger partial charge in [-0.15, -0.1) is 0 Å². The molecule has 1 aliphatic rings. The SMILES string of the molecule is CC(COc1cccc(F)c1)NC(=O)CCC1CCNCC1. The molecule has 0 aromatic heterocycles. The van der Waals surface area contributed by atoms with Crippen LogP contribution in [0.2, 0.25) is 0 Å². The van der Waals surface area contributed by atoms with Gasteiger partial charge in [0.1, 0.15) is 18.2 Å². The van der Waals surface area contributed by atoms with Crippen molar-refractivity contribution in [3.8, 4) is 5.75 Å². The monoisotopic (exact) mass is 308 g/mol. The summed E-state index contributed by atoms with van der Waals surface area (Å²) in [4.78, 5) is 11.9. The van der Waals surface area contributed by atoms with E-state index in [1.807, 2.05) is 6.92 Å². The summed E-state index contributed by atoms with van der Waals surface area (Å²) in [5, 5.41) is 6.26. The average molecular weight is 308 g/mol. The summed E-state index contributed by atoms with van der Waals surface area (Å²) in [5.74, 6) is 0.881. The van der Waals surface area contributed by atoms with Crippen LogP contribution < -0.4 is 15.4 Å². The van der Waals surface area contributed by atoms with Crippen LogP contribution in [-0.2, 0) is 4.79 Å². The summed E-state index contributed by atoms with van der Waals surface area (Å²) >= 11 is 0. The van der Waals surface area contributed by atoms with Gasteiger partial charge in [-0.1, -0.05) is 6.07 Å². The highest BCUT2D eigenvalue weighted by Gasteiger charge is 2.15. The van der Waals surface area contributed by atoms with Crippen LogP contribution >= 0.6 is 0 Å². The normalized spacial score (nSPS) is 17.0. The van der Waals surface area contributed by atoms with Crippen molar-refractivity contribution in [2.75, 3.05) is 19.7 Å². The van der Waals surface area contributed by atoms with Crippen molar-refractivity contribution in [3.05, 3.63) is 30.1 Å². The molecule has 4 nitrogen and oxygen atoms in total. The van der Waals surface area contributed by atoms with Crippen molar-refractivity contribution < 1.29 is 13.9 Å². The number of carbonyl (C=O) groups excluding carboxylic acids is 1. The Bertz CT molecular complexity index is 475. The molecule has 1 atom stereocenters. The van der Waals surface area contributed by atoms with E-state index < -0.39 is 0 Å². The molecular weight excluding hydrogens is 283 g/mol. The molecule has 2 rings (SSSR count). The van der Waals surface area contributed by atoms with Gasteiger partial charge in [0, 0.05) is 12.5 Å². The predicted octanol–water partition coefficient (Wildman–Crippen LogP) is 2.49. The first-order chi connectivity index (χ1) is 10.6. The van der Waals surface area contributed by atoms with Gasteiger partial charge < -0.3 is 15.4 Å². The highest BCUT2D eigenvalue weighted by atomic mass is 19.1. The van der Waals surface area contributed by atoms with Crippen LogP contribution in [0.1, 0.15) is 32.6 Å². The minimum absolute atomic E-state index is 0.0638. The number of halogens is 1. The molecule has 0 saturated carbocycles. The molecule has 1 aliphatic heterocycles. The Morgan fingerprint density at radius 2 is 2.23 bits per heavy atom. The molecule has 1 unspecified atom stereocenters. The summed E-state index contributed by atoms with van der Waals surface area (Å²) in [5.41, 5.74) is 0. The van der Waals surface area contributed by atoms with Gasteiger partial charge in [0.25, 0.3) is 0 Å². The summed E-state index contributed by atoms with van der Waals surface area (Å²) < 4.78 is 18.5. The number of carbonyl (C=O) groups is 1. The Kier molecular flexibility index (Phi) is 6.65. The fourth-order valence-electron chi connectivity index (χ4n) is 2.67. The lowest BCUT2D eigenvalue weighted by atomic mass is 9.93. The molecule has 1 fully saturated rings. The lowest BCUT2D eigenvalue weighted by molar-refractivity contribution is -0.122. The third-order valence-electron chi connectivity index (χ3n) is 3.94. The Morgan fingerprint density at radius 3 is 2.95 bits per heavy atom. The summed E-state index contributed by atoms with van der Waals surface area (Å²) in [6.07, 6.45) is 3.83. The van der Waals surface area contributed by atoms with E-state index in [1.165, 1.54) is 12.1 Å². The molecular formula is C17H25FN2O2. The van der Waals surface area contributed by atoms with E-state index in [1.54, 1.807) is 12.1 Å². The highest BCUT2D eigenvalue weighted by Crippen LogP contribution is 2.17. The predicted molar refractivity (Wildman–Crippen MR) is 84.3 cm³/mol. The molecule has 1 saturated heterocycles. The van der Waals surface area contributed by atoms with Crippen molar-refractivity contribution in [2.24, 2.45) is 5.92 Å². The first kappa shape index (κ1) is 16.7. The van der Waals surface area contributed by atoms with E-state index >= 15 is 0 Å². The van der Waals surface area contributed by atoms with Gasteiger partial charge in [0.15, 0.2) is 0 Å². The molecule has 2 N–H and O–H groups in total. The first-order valence-corrected chi connectivity index (χ1v) is 8.02. The van der Waals surface area contributed by atoms with Crippen LogP contribution in [0.5, 0.6) is 5.75 Å². The lowest BCUT2D eigenvalue weighted by Crippen LogP contribution is -2.37. The summed E-state index contributed by atoms with van der Waals surface area (Å²) in [7, 11) is 0. The van der Waals surface area contributed by atoms with Crippen LogP contribution in [0.25, 0.3) is 0 Å². The molecule has 1 amide bonds. The number of rotatable bonds is 7. The number of piperidine rings is 1. The Balaban J connectivity index is 1.63. The zero-order chi connectivity index (χ0) is 15.8. The van der Waals surface area contributed by atoms with Crippen LogP contribution in [0.15, 0.2) is 24.3 Å². The summed E-state index contributed by atoms with van der Waals surface area (Å²) in [6, 6.07) is 5.93.